The molecular weight excluding hydrogens is 260 g/mol. The van der Waals surface area contributed by atoms with Crippen molar-refractivity contribution in [2.75, 3.05) is 6.61 Å². The molecule has 3 heteroatoms. The van der Waals surface area contributed by atoms with Gasteiger partial charge in [-0.2, -0.15) is 0 Å². The lowest BCUT2D eigenvalue weighted by atomic mass is 10.0. The molecule has 1 unspecified atom stereocenters. The molecule has 2 aromatic rings. The first-order valence-electron chi connectivity index (χ1n) is 7.86. The van der Waals surface area contributed by atoms with Gasteiger partial charge in [0.15, 0.2) is 0 Å². The summed E-state index contributed by atoms with van der Waals surface area (Å²) in [6, 6.07) is 4.51. The number of hydrogen-bond acceptors (Lipinski definition) is 1. The third-order valence-electron chi connectivity index (χ3n) is 4.36. The Morgan fingerprint density at radius 2 is 1.90 bits per heavy atom. The zero-order valence-corrected chi connectivity index (χ0v) is 14.0. The molecule has 2 rings (SSSR count). The SMILES string of the molecule is CCc1cc(COCCC(C)c2cc(C)n(C)c2)n(C)c1. The van der Waals surface area contributed by atoms with E-state index in [4.69, 9.17) is 4.74 Å². The van der Waals surface area contributed by atoms with Gasteiger partial charge >= 0.3 is 0 Å². The van der Waals surface area contributed by atoms with Gasteiger partial charge in [0.1, 0.15) is 0 Å². The minimum atomic E-state index is 0.546. The number of aryl methyl sites for hydroxylation is 4. The molecule has 0 spiro atoms. The van der Waals surface area contributed by atoms with Gasteiger partial charge in [-0.25, -0.2) is 0 Å². The normalized spacial score (nSPS) is 12.8. The summed E-state index contributed by atoms with van der Waals surface area (Å²) in [6.07, 6.45) is 6.56. The molecule has 0 saturated heterocycles. The van der Waals surface area contributed by atoms with E-state index in [2.05, 4.69) is 68.5 Å². The Labute approximate surface area is 128 Å². The second-order valence-corrected chi connectivity index (χ2v) is 6.07. The summed E-state index contributed by atoms with van der Waals surface area (Å²) in [7, 11) is 4.19. The lowest BCUT2D eigenvalue weighted by Gasteiger charge is -2.10. The summed E-state index contributed by atoms with van der Waals surface area (Å²) >= 11 is 0. The van der Waals surface area contributed by atoms with Crippen molar-refractivity contribution < 1.29 is 4.74 Å². The average molecular weight is 288 g/mol. The first-order valence-corrected chi connectivity index (χ1v) is 7.86. The monoisotopic (exact) mass is 288 g/mol. The molecule has 0 aromatic carbocycles. The summed E-state index contributed by atoms with van der Waals surface area (Å²) < 4.78 is 10.2. The van der Waals surface area contributed by atoms with E-state index in [9.17, 15) is 0 Å². The largest absolute Gasteiger partial charge is 0.375 e. The Bertz CT molecular complexity index is 561. The topological polar surface area (TPSA) is 19.1 Å². The molecule has 2 aromatic heterocycles. The smallest absolute Gasteiger partial charge is 0.0867 e. The molecule has 2 heterocycles. The van der Waals surface area contributed by atoms with Gasteiger partial charge in [0.25, 0.3) is 0 Å². The van der Waals surface area contributed by atoms with Crippen LogP contribution in [0.2, 0.25) is 0 Å². The van der Waals surface area contributed by atoms with Crippen molar-refractivity contribution in [2.45, 2.75) is 46.1 Å². The quantitative estimate of drug-likeness (QED) is 0.706. The van der Waals surface area contributed by atoms with E-state index in [0.29, 0.717) is 12.5 Å². The molecule has 0 amide bonds. The van der Waals surface area contributed by atoms with Crippen LogP contribution in [0.4, 0.5) is 0 Å². The fourth-order valence-corrected chi connectivity index (χ4v) is 2.60. The number of rotatable bonds is 7. The second kappa shape index (κ2) is 6.99. The number of aromatic nitrogens is 2. The fourth-order valence-electron chi connectivity index (χ4n) is 2.60. The van der Waals surface area contributed by atoms with Gasteiger partial charge in [0, 0.05) is 44.5 Å². The molecule has 0 N–H and O–H groups in total. The molecule has 0 fully saturated rings. The van der Waals surface area contributed by atoms with Crippen LogP contribution in [0.1, 0.15) is 48.7 Å². The lowest BCUT2D eigenvalue weighted by Crippen LogP contribution is -2.03. The van der Waals surface area contributed by atoms with Crippen molar-refractivity contribution in [3.63, 3.8) is 0 Å². The van der Waals surface area contributed by atoms with Crippen LogP contribution in [0.3, 0.4) is 0 Å². The van der Waals surface area contributed by atoms with Crippen molar-refractivity contribution in [3.05, 3.63) is 47.0 Å². The maximum Gasteiger partial charge on any atom is 0.0867 e. The summed E-state index contributed by atoms with van der Waals surface area (Å²) in [6.45, 7) is 8.12. The molecule has 21 heavy (non-hydrogen) atoms. The van der Waals surface area contributed by atoms with Crippen LogP contribution in [-0.4, -0.2) is 15.7 Å². The van der Waals surface area contributed by atoms with Crippen LogP contribution < -0.4 is 0 Å². The highest BCUT2D eigenvalue weighted by atomic mass is 16.5. The van der Waals surface area contributed by atoms with Crippen molar-refractivity contribution >= 4 is 0 Å². The van der Waals surface area contributed by atoms with Crippen LogP contribution >= 0.6 is 0 Å². The highest BCUT2D eigenvalue weighted by Crippen LogP contribution is 2.21. The van der Waals surface area contributed by atoms with Gasteiger partial charge in [-0.05, 0) is 48.9 Å². The Hall–Kier alpha value is -1.48. The summed E-state index contributed by atoms with van der Waals surface area (Å²) in [4.78, 5) is 0. The van der Waals surface area contributed by atoms with Gasteiger partial charge in [0.2, 0.25) is 0 Å². The van der Waals surface area contributed by atoms with E-state index in [-0.39, 0.29) is 0 Å². The Morgan fingerprint density at radius 3 is 2.48 bits per heavy atom. The first kappa shape index (κ1) is 15.9. The maximum absolute atomic E-state index is 5.86. The van der Waals surface area contributed by atoms with E-state index < -0.39 is 0 Å². The minimum absolute atomic E-state index is 0.546. The van der Waals surface area contributed by atoms with E-state index in [0.717, 1.165) is 19.4 Å². The van der Waals surface area contributed by atoms with E-state index in [1.54, 1.807) is 0 Å². The molecule has 0 radical (unpaired) electrons. The first-order chi connectivity index (χ1) is 10.0. The highest BCUT2D eigenvalue weighted by Gasteiger charge is 2.09. The van der Waals surface area contributed by atoms with Crippen LogP contribution in [0.5, 0.6) is 0 Å². The standard InChI is InChI=1S/C18H28N2O/c1-6-16-10-18(20(5)11-16)13-21-8-7-14(2)17-9-15(3)19(4)12-17/h9-12,14H,6-8,13H2,1-5H3. The van der Waals surface area contributed by atoms with Gasteiger partial charge in [-0.1, -0.05) is 13.8 Å². The van der Waals surface area contributed by atoms with Crippen LogP contribution in [-0.2, 0) is 31.9 Å². The van der Waals surface area contributed by atoms with E-state index in [1.165, 1.54) is 22.5 Å². The van der Waals surface area contributed by atoms with Crippen molar-refractivity contribution in [3.8, 4) is 0 Å². The predicted molar refractivity (Wildman–Crippen MR) is 87.6 cm³/mol. The third kappa shape index (κ3) is 4.01. The van der Waals surface area contributed by atoms with Crippen molar-refractivity contribution in [1.82, 2.24) is 9.13 Å². The summed E-state index contributed by atoms with van der Waals surface area (Å²) in [5, 5.41) is 0. The molecule has 3 nitrogen and oxygen atoms in total. The van der Waals surface area contributed by atoms with Crippen molar-refractivity contribution in [2.24, 2.45) is 14.1 Å². The summed E-state index contributed by atoms with van der Waals surface area (Å²) in [5.41, 5.74) is 5.36. The molecule has 0 aliphatic rings. The maximum atomic E-state index is 5.86. The number of hydrogen-bond donors (Lipinski definition) is 0. The van der Waals surface area contributed by atoms with Gasteiger partial charge in [0.05, 0.1) is 6.61 Å². The van der Waals surface area contributed by atoms with E-state index >= 15 is 0 Å². The Balaban J connectivity index is 1.77. The number of ether oxygens (including phenoxy) is 1. The zero-order chi connectivity index (χ0) is 15.4. The highest BCUT2D eigenvalue weighted by molar-refractivity contribution is 5.21. The molecule has 116 valence electrons. The molecule has 0 aliphatic heterocycles. The number of nitrogens with zero attached hydrogens (tertiary/aromatic N) is 2. The second-order valence-electron chi connectivity index (χ2n) is 6.07. The fraction of sp³-hybridized carbons (Fsp3) is 0.556. The van der Waals surface area contributed by atoms with Crippen LogP contribution in [0.15, 0.2) is 24.5 Å². The molecule has 0 bridgehead atoms. The van der Waals surface area contributed by atoms with Crippen molar-refractivity contribution in [1.29, 1.82) is 0 Å². The third-order valence-corrected chi connectivity index (χ3v) is 4.36. The van der Waals surface area contributed by atoms with Crippen LogP contribution in [0.25, 0.3) is 0 Å². The van der Waals surface area contributed by atoms with E-state index in [1.807, 2.05) is 0 Å². The predicted octanol–water partition coefficient (Wildman–Crippen LogP) is 3.94. The molecule has 1 atom stereocenters. The average Bonchev–Trinajstić information content (AvgIpc) is 2.98. The molecular formula is C18H28N2O. The summed E-state index contributed by atoms with van der Waals surface area (Å²) in [5.74, 6) is 0.546. The Kier molecular flexibility index (Phi) is 5.29. The molecule has 0 aliphatic carbocycles. The van der Waals surface area contributed by atoms with Gasteiger partial charge < -0.3 is 13.9 Å². The minimum Gasteiger partial charge on any atom is -0.375 e. The molecule has 0 saturated carbocycles. The Morgan fingerprint density at radius 1 is 1.14 bits per heavy atom. The lowest BCUT2D eigenvalue weighted by molar-refractivity contribution is 0.110. The van der Waals surface area contributed by atoms with Gasteiger partial charge in [-0.3, -0.25) is 0 Å². The zero-order valence-electron chi connectivity index (χ0n) is 14.0. The van der Waals surface area contributed by atoms with Gasteiger partial charge in [-0.15, -0.1) is 0 Å². The van der Waals surface area contributed by atoms with Crippen LogP contribution in [0, 0.1) is 6.92 Å².